The lowest BCUT2D eigenvalue weighted by atomic mass is 9.69. The van der Waals surface area contributed by atoms with Gasteiger partial charge in [0.2, 0.25) is 0 Å². The predicted octanol–water partition coefficient (Wildman–Crippen LogP) is 4.58. The number of hydrogen-bond donors (Lipinski definition) is 1. The second-order valence-electron chi connectivity index (χ2n) is 8.60. The maximum Gasteiger partial charge on any atom is 0.340 e. The lowest BCUT2D eigenvalue weighted by molar-refractivity contribution is 0.0521. The van der Waals surface area contributed by atoms with Gasteiger partial charge in [0.1, 0.15) is 0 Å². The molecular formula is C23H33NO4. The van der Waals surface area contributed by atoms with Gasteiger partial charge in [0.25, 0.3) is 0 Å². The summed E-state index contributed by atoms with van der Waals surface area (Å²) in [5.74, 6) is -0.268. The summed E-state index contributed by atoms with van der Waals surface area (Å²) in [6, 6.07) is 0. The Morgan fingerprint density at radius 2 is 2.18 bits per heavy atom. The lowest BCUT2D eigenvalue weighted by Crippen LogP contribution is -2.32. The third-order valence-corrected chi connectivity index (χ3v) is 6.12. The van der Waals surface area contributed by atoms with Crippen LogP contribution >= 0.6 is 0 Å². The van der Waals surface area contributed by atoms with E-state index in [1.165, 1.54) is 0 Å². The summed E-state index contributed by atoms with van der Waals surface area (Å²) in [6.07, 6.45) is 4.60. The average Bonchev–Trinajstić information content (AvgIpc) is 2.67. The van der Waals surface area contributed by atoms with Crippen molar-refractivity contribution in [3.05, 3.63) is 34.2 Å². The van der Waals surface area contributed by atoms with E-state index in [1.54, 1.807) is 0 Å². The molecule has 0 bridgehead atoms. The van der Waals surface area contributed by atoms with E-state index in [4.69, 9.17) is 14.5 Å². The topological polar surface area (TPSA) is 68.7 Å². The number of ether oxygens (including phenoxy) is 2. The van der Waals surface area contributed by atoms with Crippen LogP contribution in [0.1, 0.15) is 98.8 Å². The van der Waals surface area contributed by atoms with Gasteiger partial charge in [-0.05, 0) is 43.1 Å². The van der Waals surface area contributed by atoms with Crippen LogP contribution in [0.5, 0.6) is 0 Å². The van der Waals surface area contributed by atoms with Crippen LogP contribution in [0, 0.1) is 5.41 Å². The van der Waals surface area contributed by atoms with Crippen molar-refractivity contribution in [2.75, 3.05) is 19.8 Å². The van der Waals surface area contributed by atoms with Gasteiger partial charge < -0.3 is 14.6 Å². The average molecular weight is 388 g/mol. The van der Waals surface area contributed by atoms with E-state index in [2.05, 4.69) is 27.7 Å². The van der Waals surface area contributed by atoms with Crippen LogP contribution in [0.2, 0.25) is 0 Å². The molecule has 1 aliphatic carbocycles. The van der Waals surface area contributed by atoms with E-state index < -0.39 is 6.10 Å². The third kappa shape index (κ3) is 3.87. The Labute approximate surface area is 168 Å². The zero-order valence-electron chi connectivity index (χ0n) is 17.8. The molecule has 2 atom stereocenters. The fourth-order valence-electron chi connectivity index (χ4n) is 4.39. The molecule has 1 N–H and O–H groups in total. The number of hydrogen-bond acceptors (Lipinski definition) is 5. The summed E-state index contributed by atoms with van der Waals surface area (Å²) in [5.41, 5.74) is 4.99. The van der Waals surface area contributed by atoms with Crippen molar-refractivity contribution in [3.63, 3.8) is 0 Å². The maximum absolute atomic E-state index is 13.0. The third-order valence-electron chi connectivity index (χ3n) is 6.12. The zero-order chi connectivity index (χ0) is 20.5. The predicted molar refractivity (Wildman–Crippen MR) is 109 cm³/mol. The molecule has 1 aromatic rings. The van der Waals surface area contributed by atoms with Gasteiger partial charge in [-0.15, -0.1) is 0 Å². The first-order valence-electron chi connectivity index (χ1n) is 10.5. The van der Waals surface area contributed by atoms with Crippen LogP contribution in [0.15, 0.2) is 6.08 Å². The van der Waals surface area contributed by atoms with E-state index in [-0.39, 0.29) is 17.3 Å². The SMILES string of the molecule is CCOC(=O)c1c(C(C)C)nc2c(c1C1=CCOCC1)C(O)CC(C)(CC)C2. The first-order chi connectivity index (χ1) is 13.3. The Bertz CT molecular complexity index is 783. The fraction of sp³-hybridized carbons (Fsp3) is 0.652. The Balaban J connectivity index is 2.31. The molecule has 154 valence electrons. The molecule has 0 radical (unpaired) electrons. The standard InChI is InChI=1S/C23H33NO4/c1-6-23(5)12-16-19(17(25)13-23)18(15-8-10-27-11-9-15)20(22(26)28-7-2)21(24-16)14(3)4/h8,14,17,25H,6-7,9-13H2,1-5H3. The van der Waals surface area contributed by atoms with Crippen molar-refractivity contribution in [1.82, 2.24) is 4.98 Å². The number of nitrogens with zero attached hydrogens (tertiary/aromatic N) is 1. The van der Waals surface area contributed by atoms with Crippen LogP contribution < -0.4 is 0 Å². The van der Waals surface area contributed by atoms with E-state index in [0.717, 1.165) is 47.4 Å². The van der Waals surface area contributed by atoms with Gasteiger partial charge in [-0.1, -0.05) is 40.2 Å². The highest BCUT2D eigenvalue weighted by Gasteiger charge is 2.39. The summed E-state index contributed by atoms with van der Waals surface area (Å²) in [7, 11) is 0. The van der Waals surface area contributed by atoms with Gasteiger partial charge in [0, 0.05) is 16.8 Å². The highest BCUT2D eigenvalue weighted by molar-refractivity contribution is 5.98. The Morgan fingerprint density at radius 3 is 2.75 bits per heavy atom. The minimum atomic E-state index is -0.630. The van der Waals surface area contributed by atoms with Crippen LogP contribution in [0.4, 0.5) is 0 Å². The van der Waals surface area contributed by atoms with Gasteiger partial charge in [-0.25, -0.2) is 4.79 Å². The second kappa shape index (κ2) is 8.34. The number of fused-ring (bicyclic) bond motifs is 1. The number of aromatic nitrogens is 1. The molecule has 2 unspecified atom stereocenters. The quantitative estimate of drug-likeness (QED) is 0.749. The largest absolute Gasteiger partial charge is 0.462 e. The molecule has 0 saturated heterocycles. The summed E-state index contributed by atoms with van der Waals surface area (Å²) in [4.78, 5) is 18.0. The van der Waals surface area contributed by atoms with Gasteiger partial charge in [0.05, 0.1) is 37.2 Å². The van der Waals surface area contributed by atoms with Gasteiger partial charge >= 0.3 is 5.97 Å². The Morgan fingerprint density at radius 1 is 1.43 bits per heavy atom. The molecule has 5 nitrogen and oxygen atoms in total. The lowest BCUT2D eigenvalue weighted by Gasteiger charge is -2.39. The molecule has 1 aromatic heterocycles. The molecule has 0 aromatic carbocycles. The summed E-state index contributed by atoms with van der Waals surface area (Å²) in [5, 5.41) is 11.2. The van der Waals surface area contributed by atoms with Crippen molar-refractivity contribution in [1.29, 1.82) is 0 Å². The smallest absolute Gasteiger partial charge is 0.340 e. The number of carbonyl (C=O) groups excluding carboxylic acids is 1. The Hall–Kier alpha value is -1.72. The highest BCUT2D eigenvalue weighted by Crippen LogP contribution is 2.47. The summed E-state index contributed by atoms with van der Waals surface area (Å²) < 4.78 is 10.9. The highest BCUT2D eigenvalue weighted by atomic mass is 16.5. The maximum atomic E-state index is 13.0. The molecule has 2 aliphatic rings. The van der Waals surface area contributed by atoms with Crippen LogP contribution in [-0.4, -0.2) is 35.9 Å². The minimum absolute atomic E-state index is 0.0143. The second-order valence-corrected chi connectivity index (χ2v) is 8.60. The molecule has 28 heavy (non-hydrogen) atoms. The van der Waals surface area contributed by atoms with Crippen molar-refractivity contribution in [2.24, 2.45) is 5.41 Å². The van der Waals surface area contributed by atoms with Crippen LogP contribution in [-0.2, 0) is 15.9 Å². The number of esters is 1. The van der Waals surface area contributed by atoms with Gasteiger partial charge in [-0.3, -0.25) is 4.98 Å². The number of rotatable bonds is 5. The molecule has 3 rings (SSSR count). The molecule has 0 fully saturated rings. The van der Waals surface area contributed by atoms with Crippen LogP contribution in [0.3, 0.4) is 0 Å². The van der Waals surface area contributed by atoms with E-state index >= 15 is 0 Å². The van der Waals surface area contributed by atoms with Gasteiger partial charge in [-0.2, -0.15) is 0 Å². The van der Waals surface area contributed by atoms with Crippen molar-refractivity contribution in [3.8, 4) is 0 Å². The molecule has 5 heteroatoms. The zero-order valence-corrected chi connectivity index (χ0v) is 17.8. The minimum Gasteiger partial charge on any atom is -0.462 e. The molecule has 0 spiro atoms. The van der Waals surface area contributed by atoms with Crippen molar-refractivity contribution >= 4 is 11.5 Å². The monoisotopic (exact) mass is 387 g/mol. The van der Waals surface area contributed by atoms with E-state index in [1.807, 2.05) is 13.0 Å². The van der Waals surface area contributed by atoms with E-state index in [0.29, 0.717) is 31.8 Å². The first kappa shape index (κ1) is 21.0. The number of aliphatic hydroxyl groups excluding tert-OH is 1. The molecule has 0 amide bonds. The number of aliphatic hydroxyl groups is 1. The van der Waals surface area contributed by atoms with Crippen LogP contribution in [0.25, 0.3) is 5.57 Å². The van der Waals surface area contributed by atoms with Crippen molar-refractivity contribution in [2.45, 2.75) is 72.3 Å². The van der Waals surface area contributed by atoms with Crippen molar-refractivity contribution < 1.29 is 19.4 Å². The fourth-order valence-corrected chi connectivity index (χ4v) is 4.39. The Kier molecular flexibility index (Phi) is 6.25. The molecule has 0 saturated carbocycles. The summed E-state index contributed by atoms with van der Waals surface area (Å²) >= 11 is 0. The molecule has 1 aliphatic heterocycles. The number of pyridine rings is 1. The summed E-state index contributed by atoms with van der Waals surface area (Å²) in [6.45, 7) is 11.7. The number of carbonyl (C=O) groups is 1. The van der Waals surface area contributed by atoms with Gasteiger partial charge in [0.15, 0.2) is 0 Å². The molecule has 2 heterocycles. The van der Waals surface area contributed by atoms with E-state index in [9.17, 15) is 9.90 Å². The normalized spacial score (nSPS) is 24.7. The first-order valence-corrected chi connectivity index (χ1v) is 10.5. The molecular weight excluding hydrogens is 354 g/mol.